The molecule has 1 atom stereocenters. The standard InChI is InChI=1S/C11H12N2O3S/c14-11(15)9-12-8(6-2-4-17-5-6)7-1-3-16-10(7)13-9/h6H,1-5H2,(H,14,15). The van der Waals surface area contributed by atoms with E-state index in [-0.39, 0.29) is 5.82 Å². The molecule has 1 aromatic rings. The number of hydrogen-bond donors (Lipinski definition) is 1. The summed E-state index contributed by atoms with van der Waals surface area (Å²) in [7, 11) is 0. The summed E-state index contributed by atoms with van der Waals surface area (Å²) in [5, 5.41) is 9.00. The average molecular weight is 252 g/mol. The van der Waals surface area contributed by atoms with Gasteiger partial charge in [0.1, 0.15) is 0 Å². The van der Waals surface area contributed by atoms with Gasteiger partial charge in [-0.05, 0) is 12.2 Å². The van der Waals surface area contributed by atoms with Crippen LogP contribution in [0.3, 0.4) is 0 Å². The number of thioether (sulfide) groups is 1. The fourth-order valence-electron chi connectivity index (χ4n) is 2.27. The molecule has 0 saturated carbocycles. The molecular weight excluding hydrogens is 240 g/mol. The van der Waals surface area contributed by atoms with Crippen LogP contribution in [-0.2, 0) is 6.42 Å². The molecule has 0 radical (unpaired) electrons. The van der Waals surface area contributed by atoms with Crippen LogP contribution in [0.1, 0.15) is 34.2 Å². The zero-order chi connectivity index (χ0) is 11.8. The lowest BCUT2D eigenvalue weighted by Gasteiger charge is -2.11. The first-order chi connectivity index (χ1) is 8.25. The van der Waals surface area contributed by atoms with E-state index in [2.05, 4.69) is 9.97 Å². The van der Waals surface area contributed by atoms with Crippen LogP contribution in [0.15, 0.2) is 0 Å². The maximum Gasteiger partial charge on any atom is 0.374 e. The Kier molecular flexibility index (Phi) is 2.66. The molecule has 17 heavy (non-hydrogen) atoms. The first kappa shape index (κ1) is 10.8. The van der Waals surface area contributed by atoms with E-state index in [1.807, 2.05) is 11.8 Å². The van der Waals surface area contributed by atoms with Gasteiger partial charge in [0.15, 0.2) is 0 Å². The third-order valence-corrected chi connectivity index (χ3v) is 4.26. The van der Waals surface area contributed by atoms with Crippen molar-refractivity contribution in [1.29, 1.82) is 0 Å². The Morgan fingerprint density at radius 3 is 3.06 bits per heavy atom. The molecule has 3 rings (SSSR count). The van der Waals surface area contributed by atoms with Gasteiger partial charge >= 0.3 is 5.97 Å². The van der Waals surface area contributed by atoms with Crippen LogP contribution in [0, 0.1) is 0 Å². The summed E-state index contributed by atoms with van der Waals surface area (Å²) in [5.74, 6) is 1.74. The van der Waals surface area contributed by atoms with Crippen LogP contribution < -0.4 is 4.74 Å². The molecular formula is C11H12N2O3S. The summed E-state index contributed by atoms with van der Waals surface area (Å²) in [6, 6.07) is 0. The van der Waals surface area contributed by atoms with Gasteiger partial charge in [0.2, 0.25) is 11.7 Å². The van der Waals surface area contributed by atoms with Crippen molar-refractivity contribution in [3.05, 3.63) is 17.1 Å². The highest BCUT2D eigenvalue weighted by Gasteiger charge is 2.29. The summed E-state index contributed by atoms with van der Waals surface area (Å²) in [6.45, 7) is 0.583. The molecule has 5 nitrogen and oxygen atoms in total. The van der Waals surface area contributed by atoms with Crippen LogP contribution in [-0.4, -0.2) is 39.2 Å². The summed E-state index contributed by atoms with van der Waals surface area (Å²) < 4.78 is 5.37. The number of carboxylic acids is 1. The van der Waals surface area contributed by atoms with Gasteiger partial charge in [-0.1, -0.05) is 0 Å². The molecule has 0 aromatic carbocycles. The number of ether oxygens (including phenoxy) is 1. The van der Waals surface area contributed by atoms with Crippen LogP contribution in [0.2, 0.25) is 0 Å². The Bertz CT molecular complexity index is 472. The Hall–Kier alpha value is -1.30. The van der Waals surface area contributed by atoms with Gasteiger partial charge in [0.05, 0.1) is 12.3 Å². The SMILES string of the molecule is O=C(O)c1nc2c(c(C3CCSC3)n1)CCO2. The minimum atomic E-state index is -1.09. The zero-order valence-corrected chi connectivity index (χ0v) is 10.00. The number of aromatic carboxylic acids is 1. The minimum Gasteiger partial charge on any atom is -0.477 e. The minimum absolute atomic E-state index is 0.141. The molecule has 0 aliphatic carbocycles. The Morgan fingerprint density at radius 1 is 1.47 bits per heavy atom. The lowest BCUT2D eigenvalue weighted by molar-refractivity contribution is 0.0682. The van der Waals surface area contributed by atoms with Crippen molar-refractivity contribution in [2.75, 3.05) is 18.1 Å². The van der Waals surface area contributed by atoms with E-state index < -0.39 is 5.97 Å². The number of aromatic nitrogens is 2. The molecule has 1 aromatic heterocycles. The van der Waals surface area contributed by atoms with E-state index in [1.165, 1.54) is 0 Å². The fraction of sp³-hybridized carbons (Fsp3) is 0.545. The number of hydrogen-bond acceptors (Lipinski definition) is 5. The second kappa shape index (κ2) is 4.18. The second-order valence-electron chi connectivity index (χ2n) is 4.18. The Balaban J connectivity index is 2.08. The van der Waals surface area contributed by atoms with E-state index in [4.69, 9.17) is 9.84 Å². The predicted octanol–water partition coefficient (Wildman–Crippen LogP) is 1.33. The van der Waals surface area contributed by atoms with Gasteiger partial charge in [-0.15, -0.1) is 0 Å². The number of carbonyl (C=O) groups is 1. The largest absolute Gasteiger partial charge is 0.477 e. The molecule has 2 aliphatic rings. The van der Waals surface area contributed by atoms with Crippen molar-refractivity contribution < 1.29 is 14.6 Å². The molecule has 3 heterocycles. The summed E-state index contributed by atoms with van der Waals surface area (Å²) in [5.41, 5.74) is 1.91. The maximum absolute atomic E-state index is 11.0. The predicted molar refractivity (Wildman–Crippen MR) is 62.9 cm³/mol. The van der Waals surface area contributed by atoms with E-state index in [0.29, 0.717) is 18.4 Å². The van der Waals surface area contributed by atoms with Gasteiger partial charge in [-0.25, -0.2) is 9.78 Å². The van der Waals surface area contributed by atoms with Gasteiger partial charge in [-0.3, -0.25) is 0 Å². The highest BCUT2D eigenvalue weighted by atomic mass is 32.2. The summed E-state index contributed by atoms with van der Waals surface area (Å²) in [4.78, 5) is 19.1. The van der Waals surface area contributed by atoms with Crippen LogP contribution in [0.5, 0.6) is 5.88 Å². The normalized spacial score (nSPS) is 22.2. The molecule has 0 amide bonds. The Morgan fingerprint density at radius 2 is 2.35 bits per heavy atom. The molecule has 1 saturated heterocycles. The van der Waals surface area contributed by atoms with Crippen molar-refractivity contribution in [2.24, 2.45) is 0 Å². The lowest BCUT2D eigenvalue weighted by atomic mass is 9.99. The smallest absolute Gasteiger partial charge is 0.374 e. The topological polar surface area (TPSA) is 72.3 Å². The Labute approximate surface area is 103 Å². The van der Waals surface area contributed by atoms with Gasteiger partial charge in [-0.2, -0.15) is 16.7 Å². The second-order valence-corrected chi connectivity index (χ2v) is 5.33. The van der Waals surface area contributed by atoms with Gasteiger partial charge in [0.25, 0.3) is 0 Å². The highest BCUT2D eigenvalue weighted by Crippen LogP contribution is 2.37. The monoisotopic (exact) mass is 252 g/mol. The molecule has 0 spiro atoms. The third kappa shape index (κ3) is 1.86. The van der Waals surface area contributed by atoms with Gasteiger partial charge < -0.3 is 9.84 Å². The lowest BCUT2D eigenvalue weighted by Crippen LogP contribution is -2.11. The quantitative estimate of drug-likeness (QED) is 0.856. The van der Waals surface area contributed by atoms with E-state index in [0.717, 1.165) is 35.6 Å². The zero-order valence-electron chi connectivity index (χ0n) is 9.18. The molecule has 0 bridgehead atoms. The number of fused-ring (bicyclic) bond motifs is 1. The molecule has 6 heteroatoms. The van der Waals surface area contributed by atoms with Crippen LogP contribution >= 0.6 is 11.8 Å². The van der Waals surface area contributed by atoms with Gasteiger partial charge in [0, 0.05) is 23.7 Å². The maximum atomic E-state index is 11.0. The first-order valence-electron chi connectivity index (χ1n) is 5.60. The van der Waals surface area contributed by atoms with E-state index in [1.54, 1.807) is 0 Å². The number of rotatable bonds is 2. The molecule has 2 aliphatic heterocycles. The third-order valence-electron chi connectivity index (χ3n) is 3.10. The average Bonchev–Trinajstić information content (AvgIpc) is 2.98. The number of carboxylic acid groups (broad SMARTS) is 1. The molecule has 1 N–H and O–H groups in total. The molecule has 1 unspecified atom stereocenters. The summed E-state index contributed by atoms with van der Waals surface area (Å²) in [6.07, 6.45) is 1.86. The van der Waals surface area contributed by atoms with Crippen molar-refractivity contribution in [3.8, 4) is 5.88 Å². The number of nitrogens with zero attached hydrogens (tertiary/aromatic N) is 2. The van der Waals surface area contributed by atoms with Crippen LogP contribution in [0.25, 0.3) is 0 Å². The van der Waals surface area contributed by atoms with E-state index in [9.17, 15) is 4.79 Å². The summed E-state index contributed by atoms with van der Waals surface area (Å²) >= 11 is 1.89. The van der Waals surface area contributed by atoms with Crippen molar-refractivity contribution in [1.82, 2.24) is 9.97 Å². The first-order valence-corrected chi connectivity index (χ1v) is 6.76. The fourth-order valence-corrected chi connectivity index (χ4v) is 3.49. The highest BCUT2D eigenvalue weighted by molar-refractivity contribution is 7.99. The van der Waals surface area contributed by atoms with Crippen molar-refractivity contribution in [3.63, 3.8) is 0 Å². The molecule has 1 fully saturated rings. The van der Waals surface area contributed by atoms with Crippen molar-refractivity contribution >= 4 is 17.7 Å². The molecule has 90 valence electrons. The van der Waals surface area contributed by atoms with Crippen molar-refractivity contribution in [2.45, 2.75) is 18.8 Å². The van der Waals surface area contributed by atoms with Crippen LogP contribution in [0.4, 0.5) is 0 Å². The van der Waals surface area contributed by atoms with E-state index >= 15 is 0 Å².